The minimum absolute atomic E-state index is 0.188. The van der Waals surface area contributed by atoms with Crippen molar-refractivity contribution in [3.05, 3.63) is 82.3 Å². The molecular weight excluding hydrogens is 743 g/mol. The molecule has 3 amide bonds. The molecule has 0 fully saturated rings. The van der Waals surface area contributed by atoms with Gasteiger partial charge in [-0.25, -0.2) is 9.78 Å². The fraction of sp³-hybridized carbons (Fsp3) is 0.375. The largest absolute Gasteiger partial charge is 0.514 e. The first-order chi connectivity index (χ1) is 22.4. The van der Waals surface area contributed by atoms with E-state index < -0.39 is 57.3 Å². The molecule has 1 heterocycles. The zero-order chi connectivity index (χ0) is 34.6. The smallest absolute Gasteiger partial charge is 0.420 e. The molecular formula is C32H37IN4O9S. The molecule has 0 aliphatic carbocycles. The molecule has 0 bridgehead atoms. The summed E-state index contributed by atoms with van der Waals surface area (Å²) >= 11 is 3.19. The number of aromatic nitrogens is 1. The molecule has 3 N–H and O–H groups in total. The summed E-state index contributed by atoms with van der Waals surface area (Å²) in [6, 6.07) is 13.5. The first-order valence-electron chi connectivity index (χ1n) is 14.4. The average molecular weight is 781 g/mol. The number of carbonyl (C=O) groups is 5. The third kappa shape index (κ3) is 11.1. The van der Waals surface area contributed by atoms with E-state index in [1.807, 2.05) is 28.7 Å². The maximum Gasteiger partial charge on any atom is 0.514 e. The van der Waals surface area contributed by atoms with Crippen molar-refractivity contribution in [1.82, 2.24) is 20.9 Å². The monoisotopic (exact) mass is 780 g/mol. The number of methoxy groups -OCH3 is 2. The van der Waals surface area contributed by atoms with Crippen LogP contribution in [-0.4, -0.2) is 85.8 Å². The van der Waals surface area contributed by atoms with Gasteiger partial charge in [-0.3, -0.25) is 19.2 Å². The van der Waals surface area contributed by atoms with Crippen molar-refractivity contribution in [3.8, 4) is 5.75 Å². The number of rotatable bonds is 16. The van der Waals surface area contributed by atoms with E-state index >= 15 is 0 Å². The van der Waals surface area contributed by atoms with Crippen LogP contribution in [0, 0.1) is 6.92 Å². The number of nitrogens with one attached hydrogen (secondary N) is 3. The molecule has 1 aromatic heterocycles. The topological polar surface area (TPSA) is 171 Å². The number of nitrogens with zero attached hydrogens (tertiary/aromatic N) is 1. The molecule has 252 valence electrons. The molecule has 15 heteroatoms. The lowest BCUT2D eigenvalue weighted by Gasteiger charge is -2.32. The Kier molecular flexibility index (Phi) is 14.2. The van der Waals surface area contributed by atoms with Crippen molar-refractivity contribution in [2.75, 3.05) is 27.4 Å². The molecule has 4 atom stereocenters. The van der Waals surface area contributed by atoms with E-state index in [-0.39, 0.29) is 19.0 Å². The molecule has 0 radical (unpaired) electrons. The summed E-state index contributed by atoms with van der Waals surface area (Å²) < 4.78 is 20.4. The molecule has 47 heavy (non-hydrogen) atoms. The second-order valence-corrected chi connectivity index (χ2v) is 13.3. The summed E-state index contributed by atoms with van der Waals surface area (Å²) in [5.41, 5.74) is -1.03. The molecule has 0 aliphatic heterocycles. The Balaban J connectivity index is 1.81. The third-order valence-electron chi connectivity index (χ3n) is 6.63. The van der Waals surface area contributed by atoms with Crippen LogP contribution >= 0.6 is 33.9 Å². The van der Waals surface area contributed by atoms with Gasteiger partial charge >= 0.3 is 6.16 Å². The van der Waals surface area contributed by atoms with E-state index in [0.717, 1.165) is 11.3 Å². The molecule has 0 saturated heterocycles. The number of hydrogen-bond donors (Lipinski definition) is 3. The number of carbonyl (C=O) groups excluding carboxylic acids is 5. The fourth-order valence-electron chi connectivity index (χ4n) is 4.26. The van der Waals surface area contributed by atoms with Crippen LogP contribution in [0.3, 0.4) is 0 Å². The van der Waals surface area contributed by atoms with Crippen molar-refractivity contribution in [2.45, 2.75) is 48.4 Å². The molecule has 3 rings (SSSR count). The summed E-state index contributed by atoms with van der Waals surface area (Å²) in [5, 5.41) is 8.58. The van der Waals surface area contributed by atoms with Gasteiger partial charge in [0.2, 0.25) is 11.8 Å². The number of halogens is 1. The van der Waals surface area contributed by atoms with Crippen LogP contribution in [0.4, 0.5) is 4.79 Å². The van der Waals surface area contributed by atoms with Crippen LogP contribution in [0.5, 0.6) is 5.75 Å². The van der Waals surface area contributed by atoms with Crippen molar-refractivity contribution in [2.24, 2.45) is 0 Å². The second-order valence-electron chi connectivity index (χ2n) is 10.7. The normalized spacial score (nSPS) is 13.7. The highest BCUT2D eigenvalue weighted by Gasteiger charge is 2.43. The number of benzene rings is 2. The van der Waals surface area contributed by atoms with Gasteiger partial charge in [0.15, 0.2) is 11.4 Å². The van der Waals surface area contributed by atoms with Gasteiger partial charge < -0.3 is 34.9 Å². The lowest BCUT2D eigenvalue weighted by Crippen LogP contribution is -2.60. The Morgan fingerprint density at radius 2 is 1.40 bits per heavy atom. The van der Waals surface area contributed by atoms with Gasteiger partial charge in [-0.15, -0.1) is 11.3 Å². The molecule has 13 nitrogen and oxygen atoms in total. The summed E-state index contributed by atoms with van der Waals surface area (Å²) in [4.78, 5) is 70.8. The predicted octanol–water partition coefficient (Wildman–Crippen LogP) is 3.55. The van der Waals surface area contributed by atoms with E-state index in [1.165, 1.54) is 34.3 Å². The lowest BCUT2D eigenvalue weighted by molar-refractivity contribution is -0.141. The SMILES string of the molecule is COC[C@H](NC(=O)c1cnc(C)s1)C(=O)N[C@@H](COC)C(=O)N[C@@H](C(=O)C(C)(C)OC(=O)Oc1ccccc1)C(I)c1ccccc1. The lowest BCUT2D eigenvalue weighted by atomic mass is 9.92. The Morgan fingerprint density at radius 3 is 1.96 bits per heavy atom. The highest BCUT2D eigenvalue weighted by molar-refractivity contribution is 14.1. The van der Waals surface area contributed by atoms with E-state index in [1.54, 1.807) is 61.5 Å². The maximum absolute atomic E-state index is 14.0. The number of hydrogen-bond acceptors (Lipinski definition) is 11. The van der Waals surface area contributed by atoms with Gasteiger partial charge in [0.25, 0.3) is 5.91 Å². The number of ether oxygens (including phenoxy) is 4. The average Bonchev–Trinajstić information content (AvgIpc) is 3.49. The first kappa shape index (κ1) is 37.5. The second kappa shape index (κ2) is 17.8. The standard InChI is InChI=1S/C32H37IN4O9S/c1-19-34-16-24(47-19)30(41)36-22(17-43-4)28(39)35-23(18-44-5)29(40)37-26(25(33)20-12-8-6-9-13-20)27(38)32(2,3)46-31(42)45-21-14-10-7-11-15-21/h6-16,22-23,25-26H,17-18H2,1-5H3,(H,35,39)(H,36,41)(H,37,40)/t22-,23-,25?,26+/m0/s1. The minimum atomic E-state index is -1.75. The third-order valence-corrected chi connectivity index (χ3v) is 8.98. The molecule has 2 aromatic carbocycles. The van der Waals surface area contributed by atoms with Gasteiger partial charge in [0.05, 0.1) is 28.3 Å². The van der Waals surface area contributed by atoms with E-state index in [9.17, 15) is 24.0 Å². The summed E-state index contributed by atoms with van der Waals surface area (Å²) in [6.45, 7) is 4.08. The number of alkyl halides is 1. The molecule has 3 aromatic rings. The zero-order valence-corrected chi connectivity index (χ0v) is 29.5. The minimum Gasteiger partial charge on any atom is -0.420 e. The van der Waals surface area contributed by atoms with Crippen LogP contribution in [0.2, 0.25) is 0 Å². The van der Waals surface area contributed by atoms with Gasteiger partial charge in [-0.2, -0.15) is 0 Å². The molecule has 0 spiro atoms. The summed E-state index contributed by atoms with van der Waals surface area (Å²) in [7, 11) is 2.71. The summed E-state index contributed by atoms with van der Waals surface area (Å²) in [6.07, 6.45) is 0.295. The van der Waals surface area contributed by atoms with E-state index in [0.29, 0.717) is 15.4 Å². The van der Waals surface area contributed by atoms with Crippen LogP contribution in [0.25, 0.3) is 0 Å². The highest BCUT2D eigenvalue weighted by atomic mass is 127. The number of para-hydroxylation sites is 1. The number of thiazole rings is 1. The van der Waals surface area contributed by atoms with Crippen molar-refractivity contribution < 1.29 is 42.9 Å². The van der Waals surface area contributed by atoms with Crippen molar-refractivity contribution >= 4 is 63.6 Å². The number of ketones is 1. The van der Waals surface area contributed by atoms with Crippen LogP contribution in [-0.2, 0) is 28.6 Å². The van der Waals surface area contributed by atoms with Crippen molar-refractivity contribution in [1.29, 1.82) is 0 Å². The Labute approximate surface area is 290 Å². The fourth-order valence-corrected chi connectivity index (χ4v) is 5.86. The Hall–Kier alpha value is -3.93. The Morgan fingerprint density at radius 1 is 0.851 bits per heavy atom. The van der Waals surface area contributed by atoms with E-state index in [4.69, 9.17) is 18.9 Å². The van der Waals surface area contributed by atoms with E-state index in [2.05, 4.69) is 20.9 Å². The highest BCUT2D eigenvalue weighted by Crippen LogP contribution is 2.31. The van der Waals surface area contributed by atoms with Crippen molar-refractivity contribution in [3.63, 3.8) is 0 Å². The van der Waals surface area contributed by atoms with Gasteiger partial charge in [0, 0.05) is 14.2 Å². The maximum atomic E-state index is 14.0. The van der Waals surface area contributed by atoms with Crippen LogP contribution in [0.1, 0.15) is 38.0 Å². The van der Waals surface area contributed by atoms with Gasteiger partial charge in [-0.1, -0.05) is 71.1 Å². The number of Topliss-reactive ketones (excluding diaryl/α,β-unsaturated/α-hetero) is 1. The summed E-state index contributed by atoms with van der Waals surface area (Å²) in [5.74, 6) is -2.41. The zero-order valence-electron chi connectivity index (χ0n) is 26.5. The number of amides is 3. The molecule has 0 saturated carbocycles. The Bertz CT molecular complexity index is 1520. The molecule has 1 unspecified atom stereocenters. The number of aryl methyl sites for hydroxylation is 1. The first-order valence-corrected chi connectivity index (χ1v) is 16.4. The van der Waals surface area contributed by atoms with Gasteiger partial charge in [0.1, 0.15) is 28.8 Å². The predicted molar refractivity (Wildman–Crippen MR) is 182 cm³/mol. The van der Waals surface area contributed by atoms with Gasteiger partial charge in [-0.05, 0) is 38.5 Å². The quantitative estimate of drug-likeness (QED) is 0.0846. The van der Waals surface area contributed by atoms with Crippen LogP contribution in [0.15, 0.2) is 66.9 Å². The molecule has 0 aliphatic rings. The van der Waals surface area contributed by atoms with Crippen LogP contribution < -0.4 is 20.7 Å².